The maximum Gasteiger partial charge on any atom is 0.313 e. The van der Waals surface area contributed by atoms with E-state index < -0.39 is 15.8 Å². The molecule has 2 aliphatic heterocycles. The first kappa shape index (κ1) is 11.3. The summed E-state index contributed by atoms with van der Waals surface area (Å²) in [5.74, 6) is -0.615. The quantitative estimate of drug-likeness (QED) is 0.762. The lowest BCUT2D eigenvalue weighted by molar-refractivity contribution is -0.133. The summed E-state index contributed by atoms with van der Waals surface area (Å²) in [7, 11) is -2.91. The molecule has 1 saturated heterocycles. The summed E-state index contributed by atoms with van der Waals surface area (Å²) in [5, 5.41) is 8.48. The highest BCUT2D eigenvalue weighted by atomic mass is 32.2. The molecule has 2 atom stereocenters. The second-order valence-corrected chi connectivity index (χ2v) is 7.98. The number of carboxylic acid groups (broad SMARTS) is 1. The molecule has 0 bridgehead atoms. The van der Waals surface area contributed by atoms with Crippen molar-refractivity contribution in [2.45, 2.75) is 11.3 Å². The molecule has 1 N–H and O–H groups in total. The zero-order valence-electron chi connectivity index (χ0n) is 7.62. The van der Waals surface area contributed by atoms with E-state index >= 15 is 0 Å². The number of rotatable bonds is 2. The van der Waals surface area contributed by atoms with E-state index in [0.717, 1.165) is 0 Å². The number of aliphatic imine (C=N–C) groups is 1. The monoisotopic (exact) mass is 267 g/mol. The second kappa shape index (κ2) is 3.99. The Balaban J connectivity index is 1.96. The van der Waals surface area contributed by atoms with Crippen LogP contribution < -0.4 is 0 Å². The Bertz CT molecular complexity index is 416. The summed E-state index contributed by atoms with van der Waals surface area (Å²) in [5.41, 5.74) is 0. The predicted octanol–water partition coefficient (Wildman–Crippen LogP) is 0.0726. The molecule has 0 radical (unpaired) electrons. The average Bonchev–Trinajstić information content (AvgIpc) is 2.53. The van der Waals surface area contributed by atoms with Crippen molar-refractivity contribution in [3.8, 4) is 0 Å². The van der Waals surface area contributed by atoms with Gasteiger partial charge in [0.05, 0.1) is 23.3 Å². The Morgan fingerprint density at radius 1 is 1.60 bits per heavy atom. The van der Waals surface area contributed by atoms with Gasteiger partial charge in [0, 0.05) is 5.25 Å². The fourth-order valence-corrected chi connectivity index (χ4v) is 6.27. The smallest absolute Gasteiger partial charge is 0.313 e. The maximum atomic E-state index is 11.2. The van der Waals surface area contributed by atoms with E-state index in [1.807, 2.05) is 0 Å². The van der Waals surface area contributed by atoms with Crippen LogP contribution in [0.4, 0.5) is 0 Å². The zero-order chi connectivity index (χ0) is 11.1. The largest absolute Gasteiger partial charge is 0.481 e. The van der Waals surface area contributed by atoms with Crippen LogP contribution in [0.3, 0.4) is 0 Å². The SMILES string of the molecule is O=C(O)CSC1=NC2CS(=O)(=O)CC2S1. The third kappa shape index (κ3) is 2.67. The highest BCUT2D eigenvalue weighted by molar-refractivity contribution is 8.39. The van der Waals surface area contributed by atoms with Gasteiger partial charge >= 0.3 is 5.97 Å². The summed E-state index contributed by atoms with van der Waals surface area (Å²) < 4.78 is 23.2. The summed E-state index contributed by atoms with van der Waals surface area (Å²) in [6.07, 6.45) is 0. The molecule has 0 aromatic carbocycles. The van der Waals surface area contributed by atoms with E-state index in [1.165, 1.54) is 23.5 Å². The highest BCUT2D eigenvalue weighted by Gasteiger charge is 2.42. The van der Waals surface area contributed by atoms with Gasteiger partial charge in [-0.2, -0.15) is 0 Å². The van der Waals surface area contributed by atoms with Gasteiger partial charge in [0.15, 0.2) is 9.84 Å². The van der Waals surface area contributed by atoms with E-state index in [9.17, 15) is 13.2 Å². The van der Waals surface area contributed by atoms with Crippen LogP contribution in [0, 0.1) is 0 Å². The lowest BCUT2D eigenvalue weighted by Crippen LogP contribution is -2.12. The van der Waals surface area contributed by atoms with Gasteiger partial charge in [0.1, 0.15) is 4.38 Å². The molecular formula is C7H9NO4S3. The number of hydrogen-bond donors (Lipinski definition) is 1. The predicted molar refractivity (Wildman–Crippen MR) is 61.3 cm³/mol. The number of sulfone groups is 1. The fraction of sp³-hybridized carbons (Fsp3) is 0.714. The topological polar surface area (TPSA) is 83.8 Å². The average molecular weight is 267 g/mol. The fourth-order valence-electron chi connectivity index (χ4n) is 1.52. The number of carboxylic acids is 1. The van der Waals surface area contributed by atoms with Gasteiger partial charge in [-0.1, -0.05) is 23.5 Å². The Labute approximate surface area is 95.6 Å². The van der Waals surface area contributed by atoms with Gasteiger partial charge in [-0.25, -0.2) is 8.42 Å². The van der Waals surface area contributed by atoms with E-state index in [4.69, 9.17) is 5.11 Å². The van der Waals surface area contributed by atoms with Crippen LogP contribution in [0.25, 0.3) is 0 Å². The lowest BCUT2D eigenvalue weighted by Gasteiger charge is -2.01. The summed E-state index contributed by atoms with van der Waals surface area (Å²) in [6.45, 7) is 0. The Morgan fingerprint density at radius 2 is 2.33 bits per heavy atom. The minimum Gasteiger partial charge on any atom is -0.481 e. The van der Waals surface area contributed by atoms with Crippen LogP contribution >= 0.6 is 23.5 Å². The minimum atomic E-state index is -2.91. The minimum absolute atomic E-state index is 0.00583. The Hall–Kier alpha value is -0.210. The molecule has 1 fully saturated rings. The summed E-state index contributed by atoms with van der Waals surface area (Å²) in [4.78, 5) is 14.5. The van der Waals surface area contributed by atoms with Crippen molar-refractivity contribution in [2.75, 3.05) is 17.3 Å². The van der Waals surface area contributed by atoms with E-state index in [2.05, 4.69) is 4.99 Å². The van der Waals surface area contributed by atoms with Crippen molar-refractivity contribution in [3.05, 3.63) is 0 Å². The normalized spacial score (nSPS) is 32.4. The molecule has 84 valence electrons. The van der Waals surface area contributed by atoms with Crippen molar-refractivity contribution >= 4 is 43.7 Å². The Kier molecular flexibility index (Phi) is 3.00. The number of aliphatic carboxylic acids is 1. The van der Waals surface area contributed by atoms with Crippen LogP contribution in [0.15, 0.2) is 4.99 Å². The first-order valence-electron chi connectivity index (χ1n) is 4.26. The van der Waals surface area contributed by atoms with Crippen molar-refractivity contribution in [2.24, 2.45) is 4.99 Å². The van der Waals surface area contributed by atoms with Crippen molar-refractivity contribution in [3.63, 3.8) is 0 Å². The molecule has 5 nitrogen and oxygen atoms in total. The third-order valence-electron chi connectivity index (χ3n) is 2.11. The third-order valence-corrected chi connectivity index (χ3v) is 6.52. The molecule has 0 saturated carbocycles. The molecule has 0 aromatic heterocycles. The molecule has 15 heavy (non-hydrogen) atoms. The van der Waals surface area contributed by atoms with E-state index in [1.54, 1.807) is 0 Å². The standard InChI is InChI=1S/C7H9NO4S3/c9-6(10)1-13-7-8-4-2-15(11,12)3-5(4)14-7/h4-5H,1-3H2,(H,9,10). The molecule has 2 aliphatic rings. The van der Waals surface area contributed by atoms with Gasteiger partial charge in [0.25, 0.3) is 0 Å². The molecule has 2 heterocycles. The van der Waals surface area contributed by atoms with Gasteiger partial charge in [-0.05, 0) is 0 Å². The summed E-state index contributed by atoms with van der Waals surface area (Å²) in [6, 6.07) is -0.156. The number of carbonyl (C=O) groups is 1. The van der Waals surface area contributed by atoms with Gasteiger partial charge in [-0.3, -0.25) is 9.79 Å². The zero-order valence-corrected chi connectivity index (χ0v) is 10.1. The van der Waals surface area contributed by atoms with Crippen molar-refractivity contribution < 1.29 is 18.3 Å². The first-order chi connectivity index (χ1) is 6.96. The molecule has 0 spiro atoms. The van der Waals surface area contributed by atoms with Crippen LogP contribution in [-0.4, -0.2) is 52.4 Å². The molecule has 0 aromatic rings. The molecule has 8 heteroatoms. The summed E-state index contributed by atoms with van der Waals surface area (Å²) >= 11 is 2.56. The van der Waals surface area contributed by atoms with Crippen molar-refractivity contribution in [1.82, 2.24) is 0 Å². The number of thioether (sulfide) groups is 2. The molecule has 0 aliphatic carbocycles. The Morgan fingerprint density at radius 3 is 2.93 bits per heavy atom. The number of fused-ring (bicyclic) bond motifs is 1. The van der Waals surface area contributed by atoms with Crippen LogP contribution in [0.1, 0.15) is 0 Å². The molecule has 2 rings (SSSR count). The first-order valence-corrected chi connectivity index (χ1v) is 7.94. The highest BCUT2D eigenvalue weighted by Crippen LogP contribution is 2.37. The molecule has 2 unspecified atom stereocenters. The molecule has 0 amide bonds. The van der Waals surface area contributed by atoms with Gasteiger partial charge in [-0.15, -0.1) is 0 Å². The maximum absolute atomic E-state index is 11.2. The second-order valence-electron chi connectivity index (χ2n) is 3.38. The lowest BCUT2D eigenvalue weighted by atomic mass is 10.3. The van der Waals surface area contributed by atoms with Crippen molar-refractivity contribution in [1.29, 1.82) is 0 Å². The van der Waals surface area contributed by atoms with Gasteiger partial charge in [0.2, 0.25) is 0 Å². The van der Waals surface area contributed by atoms with E-state index in [0.29, 0.717) is 4.38 Å². The number of nitrogens with zero attached hydrogens (tertiary/aromatic N) is 1. The number of hydrogen-bond acceptors (Lipinski definition) is 6. The van der Waals surface area contributed by atoms with Crippen LogP contribution in [0.2, 0.25) is 0 Å². The van der Waals surface area contributed by atoms with Gasteiger partial charge < -0.3 is 5.11 Å². The molecular weight excluding hydrogens is 258 g/mol. The van der Waals surface area contributed by atoms with Crippen LogP contribution in [0.5, 0.6) is 0 Å². The van der Waals surface area contributed by atoms with E-state index in [-0.39, 0.29) is 28.6 Å². The van der Waals surface area contributed by atoms with Crippen LogP contribution in [-0.2, 0) is 14.6 Å².